The van der Waals surface area contributed by atoms with Gasteiger partial charge in [0.25, 0.3) is 0 Å². The Morgan fingerprint density at radius 1 is 1.56 bits per heavy atom. The molecule has 0 atom stereocenters. The third-order valence-corrected chi connectivity index (χ3v) is 1.37. The fourth-order valence-corrected chi connectivity index (χ4v) is 0.718. The highest BCUT2D eigenvalue weighted by molar-refractivity contribution is 5.10. The second-order valence-electron chi connectivity index (χ2n) is 2.10. The van der Waals surface area contributed by atoms with Gasteiger partial charge in [-0.15, -0.1) is 0 Å². The highest BCUT2D eigenvalue weighted by Crippen LogP contribution is 2.00. The SMILES string of the molecule is Cc1nc(CN)[nH]c1C. The van der Waals surface area contributed by atoms with E-state index >= 15 is 0 Å². The maximum Gasteiger partial charge on any atom is 0.120 e. The Bertz CT molecular complexity index is 183. The van der Waals surface area contributed by atoms with Crippen molar-refractivity contribution in [1.82, 2.24) is 9.97 Å². The molecule has 0 fully saturated rings. The van der Waals surface area contributed by atoms with Crippen LogP contribution in [0.5, 0.6) is 0 Å². The number of nitrogens with two attached hydrogens (primary N) is 1. The molecule has 0 aromatic carbocycles. The molecule has 50 valence electrons. The van der Waals surface area contributed by atoms with E-state index in [0.29, 0.717) is 6.54 Å². The van der Waals surface area contributed by atoms with Gasteiger partial charge in [-0.05, 0) is 13.8 Å². The summed E-state index contributed by atoms with van der Waals surface area (Å²) in [5.74, 6) is 0.866. The highest BCUT2D eigenvalue weighted by atomic mass is 14.9. The van der Waals surface area contributed by atoms with Crippen molar-refractivity contribution in [2.24, 2.45) is 5.73 Å². The molecule has 1 aromatic rings. The van der Waals surface area contributed by atoms with Gasteiger partial charge in [-0.25, -0.2) is 4.98 Å². The third kappa shape index (κ3) is 1.10. The van der Waals surface area contributed by atoms with E-state index in [2.05, 4.69) is 9.97 Å². The van der Waals surface area contributed by atoms with Crippen molar-refractivity contribution in [3.63, 3.8) is 0 Å². The van der Waals surface area contributed by atoms with Gasteiger partial charge < -0.3 is 10.7 Å². The van der Waals surface area contributed by atoms with Crippen LogP contribution < -0.4 is 5.73 Å². The minimum atomic E-state index is 0.495. The molecule has 0 saturated carbocycles. The molecule has 0 radical (unpaired) electrons. The maximum absolute atomic E-state index is 5.34. The average molecular weight is 125 g/mol. The number of imidazole rings is 1. The molecule has 3 N–H and O–H groups in total. The second-order valence-corrected chi connectivity index (χ2v) is 2.10. The minimum Gasteiger partial charge on any atom is -0.345 e. The summed E-state index contributed by atoms with van der Waals surface area (Å²) >= 11 is 0. The predicted molar refractivity (Wildman–Crippen MR) is 36.0 cm³/mol. The highest BCUT2D eigenvalue weighted by Gasteiger charge is 1.97. The average Bonchev–Trinajstić information content (AvgIpc) is 2.13. The number of H-pyrrole nitrogens is 1. The van der Waals surface area contributed by atoms with Crippen LogP contribution in [0.2, 0.25) is 0 Å². The zero-order valence-corrected chi connectivity index (χ0v) is 5.73. The first kappa shape index (κ1) is 6.29. The minimum absolute atomic E-state index is 0.495. The molecule has 0 aliphatic heterocycles. The number of aromatic nitrogens is 2. The summed E-state index contributed by atoms with van der Waals surface area (Å²) in [7, 11) is 0. The molecule has 0 aliphatic rings. The van der Waals surface area contributed by atoms with E-state index in [9.17, 15) is 0 Å². The van der Waals surface area contributed by atoms with E-state index in [0.717, 1.165) is 17.2 Å². The topological polar surface area (TPSA) is 54.7 Å². The number of nitrogens with zero attached hydrogens (tertiary/aromatic N) is 1. The van der Waals surface area contributed by atoms with E-state index in [4.69, 9.17) is 5.73 Å². The largest absolute Gasteiger partial charge is 0.345 e. The van der Waals surface area contributed by atoms with Gasteiger partial charge in [-0.2, -0.15) is 0 Å². The molecule has 0 unspecified atom stereocenters. The van der Waals surface area contributed by atoms with Crippen LogP contribution in [0.1, 0.15) is 17.2 Å². The Hall–Kier alpha value is -0.830. The van der Waals surface area contributed by atoms with Gasteiger partial charge in [0.05, 0.1) is 12.2 Å². The number of hydrogen-bond donors (Lipinski definition) is 2. The number of aromatic amines is 1. The number of aryl methyl sites for hydroxylation is 2. The van der Waals surface area contributed by atoms with E-state index < -0.39 is 0 Å². The lowest BCUT2D eigenvalue weighted by Crippen LogP contribution is -1.97. The second kappa shape index (κ2) is 2.19. The van der Waals surface area contributed by atoms with Gasteiger partial charge in [0, 0.05) is 5.69 Å². The normalized spacial score (nSPS) is 10.1. The number of hydrogen-bond acceptors (Lipinski definition) is 2. The molecule has 9 heavy (non-hydrogen) atoms. The zero-order chi connectivity index (χ0) is 6.85. The van der Waals surface area contributed by atoms with Crippen molar-refractivity contribution in [3.05, 3.63) is 17.2 Å². The Morgan fingerprint density at radius 3 is 2.44 bits per heavy atom. The summed E-state index contributed by atoms with van der Waals surface area (Å²) in [6.07, 6.45) is 0. The zero-order valence-electron chi connectivity index (χ0n) is 5.73. The summed E-state index contributed by atoms with van der Waals surface area (Å²) in [6, 6.07) is 0. The molecule has 0 saturated heterocycles. The summed E-state index contributed by atoms with van der Waals surface area (Å²) in [5.41, 5.74) is 7.48. The number of rotatable bonds is 1. The molecule has 0 amide bonds. The number of nitrogens with one attached hydrogen (secondary N) is 1. The van der Waals surface area contributed by atoms with Crippen molar-refractivity contribution < 1.29 is 0 Å². The van der Waals surface area contributed by atoms with E-state index in [1.807, 2.05) is 13.8 Å². The van der Waals surface area contributed by atoms with Crippen molar-refractivity contribution in [2.45, 2.75) is 20.4 Å². The van der Waals surface area contributed by atoms with Crippen LogP contribution in [-0.4, -0.2) is 9.97 Å². The van der Waals surface area contributed by atoms with Gasteiger partial charge in [0.1, 0.15) is 5.82 Å². The van der Waals surface area contributed by atoms with Gasteiger partial charge in [-0.1, -0.05) is 0 Å². The first-order chi connectivity index (χ1) is 4.24. The monoisotopic (exact) mass is 125 g/mol. The fraction of sp³-hybridized carbons (Fsp3) is 0.500. The lowest BCUT2D eigenvalue weighted by atomic mass is 10.4. The lowest BCUT2D eigenvalue weighted by Gasteiger charge is -1.82. The molecule has 1 rings (SSSR count). The Balaban J connectivity index is 2.98. The molecule has 0 bridgehead atoms. The van der Waals surface area contributed by atoms with E-state index in [1.54, 1.807) is 0 Å². The Labute approximate surface area is 54.3 Å². The van der Waals surface area contributed by atoms with Crippen molar-refractivity contribution in [1.29, 1.82) is 0 Å². The molecule has 1 aromatic heterocycles. The lowest BCUT2D eigenvalue weighted by molar-refractivity contribution is 0.940. The van der Waals surface area contributed by atoms with Crippen LogP contribution in [0, 0.1) is 13.8 Å². The first-order valence-corrected chi connectivity index (χ1v) is 2.96. The van der Waals surface area contributed by atoms with Gasteiger partial charge in [0.15, 0.2) is 0 Å². The summed E-state index contributed by atoms with van der Waals surface area (Å²) in [4.78, 5) is 7.21. The summed E-state index contributed by atoms with van der Waals surface area (Å²) in [6.45, 7) is 4.45. The summed E-state index contributed by atoms with van der Waals surface area (Å²) in [5, 5.41) is 0. The molecular formula is C6H11N3. The summed E-state index contributed by atoms with van der Waals surface area (Å²) < 4.78 is 0. The molecule has 1 heterocycles. The molecule has 0 spiro atoms. The van der Waals surface area contributed by atoms with Crippen molar-refractivity contribution in [2.75, 3.05) is 0 Å². The van der Waals surface area contributed by atoms with E-state index in [1.165, 1.54) is 0 Å². The third-order valence-electron chi connectivity index (χ3n) is 1.37. The van der Waals surface area contributed by atoms with Crippen LogP contribution in [0.15, 0.2) is 0 Å². The molecule has 3 nitrogen and oxygen atoms in total. The smallest absolute Gasteiger partial charge is 0.120 e. The fourth-order valence-electron chi connectivity index (χ4n) is 0.718. The predicted octanol–water partition coefficient (Wildman–Crippen LogP) is 0.485. The van der Waals surface area contributed by atoms with Crippen molar-refractivity contribution >= 4 is 0 Å². The standard InChI is InChI=1S/C6H11N3/c1-4-5(2)9-6(3-7)8-4/h3,7H2,1-2H3,(H,8,9). The van der Waals surface area contributed by atoms with Crippen LogP contribution in [0.4, 0.5) is 0 Å². The molecular weight excluding hydrogens is 114 g/mol. The quantitative estimate of drug-likeness (QED) is 0.573. The Morgan fingerprint density at radius 2 is 2.22 bits per heavy atom. The van der Waals surface area contributed by atoms with Gasteiger partial charge in [0.2, 0.25) is 0 Å². The molecule has 0 aliphatic carbocycles. The maximum atomic E-state index is 5.34. The van der Waals surface area contributed by atoms with Crippen LogP contribution in [0.3, 0.4) is 0 Å². The first-order valence-electron chi connectivity index (χ1n) is 2.96. The van der Waals surface area contributed by atoms with Gasteiger partial charge >= 0.3 is 0 Å². The molecule has 3 heteroatoms. The Kier molecular flexibility index (Phi) is 1.53. The van der Waals surface area contributed by atoms with Crippen LogP contribution in [0.25, 0.3) is 0 Å². The van der Waals surface area contributed by atoms with Crippen molar-refractivity contribution in [3.8, 4) is 0 Å². The van der Waals surface area contributed by atoms with Crippen LogP contribution in [-0.2, 0) is 6.54 Å². The van der Waals surface area contributed by atoms with Crippen LogP contribution >= 0.6 is 0 Å². The van der Waals surface area contributed by atoms with E-state index in [-0.39, 0.29) is 0 Å². The van der Waals surface area contributed by atoms with Gasteiger partial charge in [-0.3, -0.25) is 0 Å².